The van der Waals surface area contributed by atoms with E-state index < -0.39 is 0 Å². The molecule has 0 heterocycles. The Morgan fingerprint density at radius 3 is 2.46 bits per heavy atom. The Morgan fingerprint density at radius 2 is 2.00 bits per heavy atom. The fourth-order valence-electron chi connectivity index (χ4n) is 2.06. The van der Waals surface area contributed by atoms with E-state index in [9.17, 15) is 0 Å². The Balaban J connectivity index is 3.06. The summed E-state index contributed by atoms with van der Waals surface area (Å²) in [5, 5.41) is 3.12. The summed E-state index contributed by atoms with van der Waals surface area (Å²) in [5.74, 6) is 0. The van der Waals surface area contributed by atoms with E-state index >= 15 is 0 Å². The van der Waals surface area contributed by atoms with Crippen molar-refractivity contribution in [1.29, 1.82) is 0 Å². The Hall–Kier alpha value is -0.720. The molecule has 1 heteroatoms. The minimum Gasteiger partial charge on any atom is -0.394 e. The van der Waals surface area contributed by atoms with Gasteiger partial charge in [0.2, 0.25) is 0 Å². The first-order chi connectivity index (χ1) is 5.98. The van der Waals surface area contributed by atoms with Crippen LogP contribution in [0.2, 0.25) is 0 Å². The van der Waals surface area contributed by atoms with Gasteiger partial charge in [0.05, 0.1) is 0 Å². The highest BCUT2D eigenvalue weighted by atomic mass is 14.8. The maximum atomic E-state index is 3.12. The van der Waals surface area contributed by atoms with E-state index in [0.717, 1.165) is 0 Å². The quantitative estimate of drug-likeness (QED) is 0.687. The second-order valence-electron chi connectivity index (χ2n) is 4.63. The van der Waals surface area contributed by atoms with Crippen LogP contribution in [0.3, 0.4) is 0 Å². The maximum Gasteiger partial charge on any atom is 0.00278 e. The highest BCUT2D eigenvalue weighted by Gasteiger charge is 2.43. The molecule has 0 bridgehead atoms. The highest BCUT2D eigenvalue weighted by molar-refractivity contribution is 5.37. The average Bonchev–Trinajstić information content (AvgIpc) is 2.30. The third-order valence-electron chi connectivity index (χ3n) is 3.75. The molecule has 0 aromatic carbocycles. The molecular formula is C12H21N. The third-order valence-corrected chi connectivity index (χ3v) is 3.75. The predicted octanol–water partition coefficient (Wildman–Crippen LogP) is 3.10. The molecule has 1 atom stereocenters. The Kier molecular flexibility index (Phi) is 2.56. The molecule has 0 amide bonds. The molecule has 0 aromatic rings. The molecule has 1 nitrogen and oxygen atoms in total. The van der Waals surface area contributed by atoms with Crippen molar-refractivity contribution in [3.63, 3.8) is 0 Å². The first kappa shape index (κ1) is 10.4. The summed E-state index contributed by atoms with van der Waals surface area (Å²) >= 11 is 0. The summed E-state index contributed by atoms with van der Waals surface area (Å²) in [6.07, 6.45) is 7.87. The van der Waals surface area contributed by atoms with Crippen molar-refractivity contribution in [2.45, 2.75) is 34.1 Å². The van der Waals surface area contributed by atoms with Gasteiger partial charge in [-0.2, -0.15) is 0 Å². The lowest BCUT2D eigenvalue weighted by Crippen LogP contribution is -2.31. The molecule has 0 radical (unpaired) electrons. The number of nitrogens with one attached hydrogen (secondary N) is 1. The van der Waals surface area contributed by atoms with Crippen LogP contribution in [-0.4, -0.2) is 7.05 Å². The van der Waals surface area contributed by atoms with Crippen LogP contribution in [0.15, 0.2) is 23.9 Å². The number of hydrogen-bond acceptors (Lipinski definition) is 1. The molecule has 74 valence electrons. The van der Waals surface area contributed by atoms with Gasteiger partial charge in [-0.15, -0.1) is 0 Å². The van der Waals surface area contributed by atoms with E-state index in [1.807, 2.05) is 7.05 Å². The van der Waals surface area contributed by atoms with Crippen molar-refractivity contribution in [2.24, 2.45) is 10.8 Å². The standard InChI is InChI=1S/C12H21N/c1-6-12(4)10(9-13-5)7-8-11(12,2)3/h7-9,13H,6H2,1-5H3/b10-9-. The van der Waals surface area contributed by atoms with Gasteiger partial charge in [0, 0.05) is 12.5 Å². The second-order valence-corrected chi connectivity index (χ2v) is 4.63. The van der Waals surface area contributed by atoms with E-state index in [1.165, 1.54) is 12.0 Å². The number of allylic oxidation sites excluding steroid dienone is 3. The SMILES string of the molecule is CCC1(C)/C(=C\NC)C=CC1(C)C. The van der Waals surface area contributed by atoms with Crippen molar-refractivity contribution >= 4 is 0 Å². The molecule has 1 rings (SSSR count). The van der Waals surface area contributed by atoms with Gasteiger partial charge in [-0.1, -0.05) is 39.8 Å². The lowest BCUT2D eigenvalue weighted by atomic mass is 9.65. The van der Waals surface area contributed by atoms with Gasteiger partial charge in [-0.05, 0) is 23.6 Å². The van der Waals surface area contributed by atoms with E-state index in [0.29, 0.717) is 0 Å². The van der Waals surface area contributed by atoms with E-state index in [1.54, 1.807) is 0 Å². The third kappa shape index (κ3) is 1.41. The van der Waals surface area contributed by atoms with Crippen LogP contribution in [0, 0.1) is 10.8 Å². The van der Waals surface area contributed by atoms with Crippen molar-refractivity contribution in [2.75, 3.05) is 7.05 Å². The average molecular weight is 179 g/mol. The number of hydrogen-bond donors (Lipinski definition) is 1. The summed E-state index contributed by atoms with van der Waals surface area (Å²) in [4.78, 5) is 0. The molecule has 1 N–H and O–H groups in total. The summed E-state index contributed by atoms with van der Waals surface area (Å²) < 4.78 is 0. The second kappa shape index (κ2) is 3.21. The van der Waals surface area contributed by atoms with Gasteiger partial charge in [0.25, 0.3) is 0 Å². The van der Waals surface area contributed by atoms with Crippen molar-refractivity contribution in [3.8, 4) is 0 Å². The summed E-state index contributed by atoms with van der Waals surface area (Å²) in [6, 6.07) is 0. The largest absolute Gasteiger partial charge is 0.394 e. The predicted molar refractivity (Wildman–Crippen MR) is 58.5 cm³/mol. The molecule has 1 aliphatic carbocycles. The van der Waals surface area contributed by atoms with Crippen molar-refractivity contribution in [1.82, 2.24) is 5.32 Å². The van der Waals surface area contributed by atoms with Crippen LogP contribution in [0.25, 0.3) is 0 Å². The van der Waals surface area contributed by atoms with Gasteiger partial charge in [0.1, 0.15) is 0 Å². The van der Waals surface area contributed by atoms with Crippen molar-refractivity contribution < 1.29 is 0 Å². The lowest BCUT2D eigenvalue weighted by molar-refractivity contribution is 0.201. The zero-order chi connectivity index (χ0) is 10.1. The molecule has 1 aliphatic rings. The highest BCUT2D eigenvalue weighted by Crippen LogP contribution is 2.52. The van der Waals surface area contributed by atoms with Gasteiger partial charge < -0.3 is 5.32 Å². The van der Waals surface area contributed by atoms with Gasteiger partial charge in [0.15, 0.2) is 0 Å². The van der Waals surface area contributed by atoms with Crippen LogP contribution >= 0.6 is 0 Å². The Morgan fingerprint density at radius 1 is 1.38 bits per heavy atom. The Labute approximate surface area is 81.9 Å². The number of rotatable bonds is 2. The molecule has 0 saturated carbocycles. The lowest BCUT2D eigenvalue weighted by Gasteiger charge is -2.38. The van der Waals surface area contributed by atoms with E-state index in [2.05, 4.69) is 51.4 Å². The molecule has 13 heavy (non-hydrogen) atoms. The molecule has 0 fully saturated rings. The normalized spacial score (nSPS) is 34.1. The van der Waals surface area contributed by atoms with Crippen molar-refractivity contribution in [3.05, 3.63) is 23.9 Å². The smallest absolute Gasteiger partial charge is 0.00278 e. The zero-order valence-electron chi connectivity index (χ0n) is 9.44. The summed E-state index contributed by atoms with van der Waals surface area (Å²) in [6.45, 7) is 9.22. The van der Waals surface area contributed by atoms with E-state index in [-0.39, 0.29) is 10.8 Å². The molecule has 1 unspecified atom stereocenters. The van der Waals surface area contributed by atoms with Gasteiger partial charge >= 0.3 is 0 Å². The van der Waals surface area contributed by atoms with E-state index in [4.69, 9.17) is 0 Å². The fraction of sp³-hybridized carbons (Fsp3) is 0.667. The molecule has 0 spiro atoms. The first-order valence-corrected chi connectivity index (χ1v) is 5.05. The minimum atomic E-state index is 0.282. The topological polar surface area (TPSA) is 12.0 Å². The fourth-order valence-corrected chi connectivity index (χ4v) is 2.06. The zero-order valence-corrected chi connectivity index (χ0v) is 9.44. The van der Waals surface area contributed by atoms with Crippen LogP contribution in [0.1, 0.15) is 34.1 Å². The molecule has 0 aliphatic heterocycles. The first-order valence-electron chi connectivity index (χ1n) is 5.05. The molecular weight excluding hydrogens is 158 g/mol. The Bertz CT molecular complexity index is 248. The maximum absolute atomic E-state index is 3.12. The molecule has 0 aromatic heterocycles. The summed E-state index contributed by atoms with van der Waals surface area (Å²) in [7, 11) is 1.96. The van der Waals surface area contributed by atoms with Crippen LogP contribution < -0.4 is 5.32 Å². The van der Waals surface area contributed by atoms with Crippen LogP contribution in [0.4, 0.5) is 0 Å². The minimum absolute atomic E-state index is 0.282. The molecule has 0 saturated heterocycles. The monoisotopic (exact) mass is 179 g/mol. The van der Waals surface area contributed by atoms with Crippen LogP contribution in [0.5, 0.6) is 0 Å². The van der Waals surface area contributed by atoms with Gasteiger partial charge in [-0.25, -0.2) is 0 Å². The summed E-state index contributed by atoms with van der Waals surface area (Å²) in [5.41, 5.74) is 1.99. The van der Waals surface area contributed by atoms with Crippen LogP contribution in [-0.2, 0) is 0 Å². The van der Waals surface area contributed by atoms with Gasteiger partial charge in [-0.3, -0.25) is 0 Å².